The average molecular weight is 310 g/mol. The van der Waals surface area contributed by atoms with E-state index in [-0.39, 0.29) is 11.9 Å². The zero-order valence-corrected chi connectivity index (χ0v) is 13.5. The fourth-order valence-electron chi connectivity index (χ4n) is 2.57. The van der Waals surface area contributed by atoms with Crippen LogP contribution in [0.4, 0.5) is 0 Å². The summed E-state index contributed by atoms with van der Waals surface area (Å²) in [6.45, 7) is 3.85. The lowest BCUT2D eigenvalue weighted by molar-refractivity contribution is -0.145. The average Bonchev–Trinajstić information content (AvgIpc) is 2.58. The van der Waals surface area contributed by atoms with Gasteiger partial charge in [0, 0.05) is 5.57 Å². The summed E-state index contributed by atoms with van der Waals surface area (Å²) in [5.41, 5.74) is 2.38. The molecule has 2 aromatic rings. The van der Waals surface area contributed by atoms with Crippen LogP contribution in [0.25, 0.3) is 5.57 Å². The van der Waals surface area contributed by atoms with Crippen LogP contribution in [0, 0.1) is 0 Å². The number of aliphatic hydroxyl groups excluding tert-OH is 1. The predicted molar refractivity (Wildman–Crippen MR) is 91.8 cm³/mol. The number of aliphatic hydroxyl groups is 1. The topological polar surface area (TPSA) is 46.5 Å². The van der Waals surface area contributed by atoms with Crippen molar-refractivity contribution >= 4 is 11.5 Å². The third-order valence-corrected chi connectivity index (χ3v) is 3.83. The van der Waals surface area contributed by atoms with Gasteiger partial charge in [0.2, 0.25) is 0 Å². The van der Waals surface area contributed by atoms with Gasteiger partial charge in [-0.05, 0) is 24.0 Å². The third-order valence-electron chi connectivity index (χ3n) is 3.83. The van der Waals surface area contributed by atoms with Crippen molar-refractivity contribution in [2.45, 2.75) is 32.6 Å². The molecule has 0 saturated carbocycles. The Kier molecular flexibility index (Phi) is 5.98. The molecule has 1 N–H and O–H groups in total. The van der Waals surface area contributed by atoms with Crippen LogP contribution in [0.5, 0.6) is 0 Å². The summed E-state index contributed by atoms with van der Waals surface area (Å²) < 4.78 is 5.26. The van der Waals surface area contributed by atoms with E-state index in [0.29, 0.717) is 18.4 Å². The van der Waals surface area contributed by atoms with Gasteiger partial charge in [-0.1, -0.05) is 74.5 Å². The second kappa shape index (κ2) is 8.18. The number of hydrogen-bond donors (Lipinski definition) is 1. The van der Waals surface area contributed by atoms with Crippen LogP contribution in [0.1, 0.15) is 43.7 Å². The van der Waals surface area contributed by atoms with Gasteiger partial charge in [0.05, 0.1) is 5.92 Å². The zero-order chi connectivity index (χ0) is 16.7. The number of allylic oxidation sites excluding steroid dienone is 1. The van der Waals surface area contributed by atoms with Gasteiger partial charge < -0.3 is 9.84 Å². The van der Waals surface area contributed by atoms with Crippen molar-refractivity contribution in [3.8, 4) is 0 Å². The molecule has 0 heterocycles. The number of ether oxygens (including phenoxy) is 1. The van der Waals surface area contributed by atoms with Gasteiger partial charge in [-0.15, -0.1) is 0 Å². The fraction of sp³-hybridized carbons (Fsp3) is 0.250. The summed E-state index contributed by atoms with van der Waals surface area (Å²) in [5, 5.41) is 10.3. The van der Waals surface area contributed by atoms with Crippen LogP contribution >= 0.6 is 0 Å². The molecule has 0 amide bonds. The van der Waals surface area contributed by atoms with Crippen LogP contribution in [-0.4, -0.2) is 11.1 Å². The molecule has 1 unspecified atom stereocenters. The van der Waals surface area contributed by atoms with Crippen molar-refractivity contribution in [2.75, 3.05) is 0 Å². The van der Waals surface area contributed by atoms with Gasteiger partial charge in [0.1, 0.15) is 0 Å². The van der Waals surface area contributed by atoms with Crippen molar-refractivity contribution in [3.05, 3.63) is 77.7 Å². The minimum atomic E-state index is -0.432. The smallest absolute Gasteiger partial charge is 0.321 e. The number of esters is 1. The predicted octanol–water partition coefficient (Wildman–Crippen LogP) is 5.06. The van der Waals surface area contributed by atoms with E-state index < -0.39 is 5.97 Å². The molecule has 0 bridgehead atoms. The van der Waals surface area contributed by atoms with Crippen LogP contribution in [0.15, 0.2) is 66.6 Å². The van der Waals surface area contributed by atoms with E-state index in [2.05, 4.69) is 0 Å². The number of benzene rings is 2. The van der Waals surface area contributed by atoms with Gasteiger partial charge in [-0.2, -0.15) is 0 Å². The summed E-state index contributed by atoms with van der Waals surface area (Å²) in [5.74, 6) is -1.12. The van der Waals surface area contributed by atoms with Crippen LogP contribution < -0.4 is 0 Å². The highest BCUT2D eigenvalue weighted by Gasteiger charge is 2.22. The van der Waals surface area contributed by atoms with Crippen LogP contribution in [0.2, 0.25) is 0 Å². The molecule has 0 radical (unpaired) electrons. The molecule has 0 spiro atoms. The van der Waals surface area contributed by atoms with Crippen molar-refractivity contribution in [2.24, 2.45) is 0 Å². The van der Waals surface area contributed by atoms with Crippen LogP contribution in [-0.2, 0) is 9.53 Å². The molecule has 0 fully saturated rings. The molecule has 3 nitrogen and oxygen atoms in total. The number of hydrogen-bond acceptors (Lipinski definition) is 3. The Morgan fingerprint density at radius 3 is 2.09 bits per heavy atom. The first-order valence-electron chi connectivity index (χ1n) is 7.91. The van der Waals surface area contributed by atoms with Crippen molar-refractivity contribution in [3.63, 3.8) is 0 Å². The van der Waals surface area contributed by atoms with Gasteiger partial charge >= 0.3 is 5.97 Å². The Morgan fingerprint density at radius 1 is 1.00 bits per heavy atom. The van der Waals surface area contributed by atoms with E-state index in [1.54, 1.807) is 0 Å². The van der Waals surface area contributed by atoms with E-state index in [4.69, 9.17) is 4.74 Å². The maximum atomic E-state index is 12.4. The molecule has 0 aliphatic carbocycles. The summed E-state index contributed by atoms with van der Waals surface area (Å²) in [7, 11) is 0. The molecule has 1 atom stereocenters. The Labute approximate surface area is 137 Å². The Bertz CT molecular complexity index is 660. The summed E-state index contributed by atoms with van der Waals surface area (Å²) in [6.07, 6.45) is 1.19. The third kappa shape index (κ3) is 4.22. The SMILES string of the molecule is CC/C(=C(/O)OC(=O)C(CC)c1ccccc1)c1ccccc1. The van der Waals surface area contributed by atoms with Crippen molar-refractivity contribution in [1.29, 1.82) is 0 Å². The van der Waals surface area contributed by atoms with E-state index in [1.807, 2.05) is 74.5 Å². The molecule has 0 saturated heterocycles. The molecule has 2 rings (SSSR count). The second-order valence-corrected chi connectivity index (χ2v) is 5.30. The zero-order valence-electron chi connectivity index (χ0n) is 13.5. The van der Waals surface area contributed by atoms with Gasteiger partial charge in [-0.25, -0.2) is 0 Å². The number of carbonyl (C=O) groups excluding carboxylic acids is 1. The Balaban J connectivity index is 2.22. The summed E-state index contributed by atoms with van der Waals surface area (Å²) in [6, 6.07) is 18.9. The first kappa shape index (κ1) is 16.8. The highest BCUT2D eigenvalue weighted by molar-refractivity contribution is 5.80. The number of rotatable bonds is 6. The van der Waals surface area contributed by atoms with E-state index in [1.165, 1.54) is 0 Å². The fourth-order valence-corrected chi connectivity index (χ4v) is 2.57. The Hall–Kier alpha value is -2.55. The molecular weight excluding hydrogens is 288 g/mol. The lowest BCUT2D eigenvalue weighted by atomic mass is 9.97. The Morgan fingerprint density at radius 2 is 1.57 bits per heavy atom. The van der Waals surface area contributed by atoms with Crippen molar-refractivity contribution < 1.29 is 14.6 Å². The summed E-state index contributed by atoms with van der Waals surface area (Å²) >= 11 is 0. The maximum Gasteiger partial charge on any atom is 0.321 e. The van der Waals surface area contributed by atoms with Gasteiger partial charge in [-0.3, -0.25) is 4.79 Å². The van der Waals surface area contributed by atoms with Crippen LogP contribution in [0.3, 0.4) is 0 Å². The lowest BCUT2D eigenvalue weighted by Crippen LogP contribution is -2.16. The first-order chi connectivity index (χ1) is 11.2. The molecular formula is C20H22O3. The maximum absolute atomic E-state index is 12.4. The highest BCUT2D eigenvalue weighted by Crippen LogP contribution is 2.25. The van der Waals surface area contributed by atoms with E-state index in [9.17, 15) is 9.90 Å². The molecule has 0 aliphatic heterocycles. The molecule has 0 aliphatic rings. The minimum Gasteiger partial charge on any atom is -0.480 e. The molecule has 120 valence electrons. The monoisotopic (exact) mass is 310 g/mol. The quantitative estimate of drug-likeness (QED) is 0.599. The number of carbonyl (C=O) groups is 1. The standard InChI is InChI=1S/C20H22O3/c1-3-17(15-11-7-5-8-12-15)19(21)23-20(22)18(4-2)16-13-9-6-10-14-16/h5-14,17,22H,3-4H2,1-2H3/b20-18+. The molecule has 3 heteroatoms. The second-order valence-electron chi connectivity index (χ2n) is 5.30. The largest absolute Gasteiger partial charge is 0.480 e. The molecule has 0 aromatic heterocycles. The van der Waals surface area contributed by atoms with E-state index in [0.717, 1.165) is 11.1 Å². The van der Waals surface area contributed by atoms with Crippen molar-refractivity contribution in [1.82, 2.24) is 0 Å². The summed E-state index contributed by atoms with van der Waals surface area (Å²) in [4.78, 5) is 12.4. The highest BCUT2D eigenvalue weighted by atomic mass is 16.6. The van der Waals surface area contributed by atoms with E-state index >= 15 is 0 Å². The van der Waals surface area contributed by atoms with Gasteiger partial charge in [0.15, 0.2) is 0 Å². The molecule has 2 aromatic carbocycles. The lowest BCUT2D eigenvalue weighted by Gasteiger charge is -2.15. The minimum absolute atomic E-state index is 0.307. The van der Waals surface area contributed by atoms with Gasteiger partial charge in [0.25, 0.3) is 5.95 Å². The molecule has 23 heavy (non-hydrogen) atoms. The first-order valence-corrected chi connectivity index (χ1v) is 7.91. The normalized spacial score (nSPS) is 13.1.